The van der Waals surface area contributed by atoms with E-state index in [-0.39, 0.29) is 10.8 Å². The molecule has 3 aromatic carbocycles. The predicted molar refractivity (Wildman–Crippen MR) is 116 cm³/mol. The lowest BCUT2D eigenvalue weighted by molar-refractivity contribution is 0.101. The van der Waals surface area contributed by atoms with Crippen molar-refractivity contribution in [1.82, 2.24) is 0 Å². The first-order chi connectivity index (χ1) is 13.4. The first kappa shape index (κ1) is 20.1. The molecule has 142 valence electrons. The maximum absolute atomic E-state index is 12.6. The molecule has 0 heterocycles. The highest BCUT2D eigenvalue weighted by molar-refractivity contribution is 6.37. The van der Waals surface area contributed by atoms with E-state index in [0.717, 1.165) is 17.5 Å². The minimum Gasteiger partial charge on any atom is -0.321 e. The number of rotatable bonds is 5. The van der Waals surface area contributed by atoms with Gasteiger partial charge in [-0.05, 0) is 60.4 Å². The Balaban J connectivity index is 1.92. The second kappa shape index (κ2) is 8.59. The van der Waals surface area contributed by atoms with Crippen molar-refractivity contribution in [3.05, 3.63) is 87.4 Å². The highest BCUT2D eigenvalue weighted by atomic mass is 35.5. The molecule has 0 saturated carbocycles. The van der Waals surface area contributed by atoms with Gasteiger partial charge in [0.1, 0.15) is 0 Å². The summed E-state index contributed by atoms with van der Waals surface area (Å²) in [6.07, 6.45) is 0.969. The highest BCUT2D eigenvalue weighted by Crippen LogP contribution is 2.28. The Morgan fingerprint density at radius 1 is 0.857 bits per heavy atom. The van der Waals surface area contributed by atoms with Gasteiger partial charge in [-0.2, -0.15) is 0 Å². The van der Waals surface area contributed by atoms with Gasteiger partial charge in [-0.1, -0.05) is 60.5 Å². The van der Waals surface area contributed by atoms with Crippen LogP contribution in [0.5, 0.6) is 0 Å². The van der Waals surface area contributed by atoms with E-state index in [0.29, 0.717) is 21.8 Å². The fourth-order valence-corrected chi connectivity index (χ4v) is 3.41. The van der Waals surface area contributed by atoms with Gasteiger partial charge >= 0.3 is 0 Å². The van der Waals surface area contributed by atoms with Crippen LogP contribution in [0.25, 0.3) is 11.1 Å². The van der Waals surface area contributed by atoms with Gasteiger partial charge in [-0.3, -0.25) is 9.59 Å². The van der Waals surface area contributed by atoms with Crippen molar-refractivity contribution < 1.29 is 9.59 Å². The van der Waals surface area contributed by atoms with Gasteiger partial charge in [-0.15, -0.1) is 0 Å². The molecule has 0 radical (unpaired) electrons. The van der Waals surface area contributed by atoms with Gasteiger partial charge in [0.15, 0.2) is 5.78 Å². The number of benzene rings is 3. The average molecular weight is 412 g/mol. The average Bonchev–Trinajstić information content (AvgIpc) is 2.68. The van der Waals surface area contributed by atoms with Crippen molar-refractivity contribution >= 4 is 40.6 Å². The molecular formula is C23H19Cl2NO2. The van der Waals surface area contributed by atoms with Crippen molar-refractivity contribution in [2.45, 2.75) is 20.3 Å². The fourth-order valence-electron chi connectivity index (χ4n) is 2.92. The minimum atomic E-state index is -0.399. The van der Waals surface area contributed by atoms with Crippen LogP contribution >= 0.6 is 23.2 Å². The number of hydrogen-bond acceptors (Lipinski definition) is 2. The summed E-state index contributed by atoms with van der Waals surface area (Å²) < 4.78 is 0. The molecule has 0 saturated heterocycles. The van der Waals surface area contributed by atoms with Crippen molar-refractivity contribution in [2.24, 2.45) is 0 Å². The smallest absolute Gasteiger partial charge is 0.257 e. The summed E-state index contributed by atoms with van der Waals surface area (Å²) >= 11 is 12.0. The number of ketones is 1. The zero-order valence-electron chi connectivity index (χ0n) is 15.6. The van der Waals surface area contributed by atoms with Crippen molar-refractivity contribution in [1.29, 1.82) is 0 Å². The highest BCUT2D eigenvalue weighted by Gasteiger charge is 2.15. The molecule has 3 rings (SSSR count). The van der Waals surface area contributed by atoms with E-state index in [1.807, 2.05) is 18.2 Å². The number of amides is 1. The zero-order chi connectivity index (χ0) is 20.3. The monoisotopic (exact) mass is 411 g/mol. The molecule has 0 aliphatic carbocycles. The molecule has 5 heteroatoms. The molecule has 0 bridgehead atoms. The largest absolute Gasteiger partial charge is 0.321 e. The molecule has 28 heavy (non-hydrogen) atoms. The van der Waals surface area contributed by atoms with E-state index >= 15 is 0 Å². The standard InChI is InChI=1S/C23H19Cl2NO2/c1-3-15-4-6-16(7-5-15)17-8-11-22(20(12-17)14(2)27)26-23(28)19-10-9-18(24)13-21(19)25/h4-13H,3H2,1-2H3,(H,26,28). The second-order valence-corrected chi connectivity index (χ2v) is 7.29. The molecule has 0 fully saturated rings. The van der Waals surface area contributed by atoms with Crippen LogP contribution in [0, 0.1) is 0 Å². The summed E-state index contributed by atoms with van der Waals surface area (Å²) in [5.41, 5.74) is 4.35. The molecule has 0 atom stereocenters. The van der Waals surface area contributed by atoms with Crippen LogP contribution in [0.2, 0.25) is 10.0 Å². The third-order valence-electron chi connectivity index (χ3n) is 4.52. The Labute approximate surface area is 174 Å². The van der Waals surface area contributed by atoms with Gasteiger partial charge in [0.25, 0.3) is 5.91 Å². The third-order valence-corrected chi connectivity index (χ3v) is 5.07. The summed E-state index contributed by atoms with van der Waals surface area (Å²) in [4.78, 5) is 24.8. The molecule has 0 aliphatic heterocycles. The molecule has 0 aromatic heterocycles. The number of hydrogen-bond donors (Lipinski definition) is 1. The summed E-state index contributed by atoms with van der Waals surface area (Å²) in [7, 11) is 0. The normalized spacial score (nSPS) is 10.6. The third kappa shape index (κ3) is 4.44. The molecule has 1 N–H and O–H groups in total. The van der Waals surface area contributed by atoms with E-state index in [1.165, 1.54) is 18.6 Å². The number of Topliss-reactive ketones (excluding diaryl/α,β-unsaturated/α-hetero) is 1. The fraction of sp³-hybridized carbons (Fsp3) is 0.130. The maximum Gasteiger partial charge on any atom is 0.257 e. The van der Waals surface area contributed by atoms with Crippen LogP contribution in [-0.4, -0.2) is 11.7 Å². The van der Waals surface area contributed by atoms with E-state index in [4.69, 9.17) is 23.2 Å². The molecule has 0 aliphatic rings. The zero-order valence-corrected chi connectivity index (χ0v) is 17.1. The Kier molecular flexibility index (Phi) is 6.18. The Morgan fingerprint density at radius 2 is 1.54 bits per heavy atom. The summed E-state index contributed by atoms with van der Waals surface area (Å²) in [5.74, 6) is -0.534. The number of anilines is 1. The number of carbonyl (C=O) groups excluding carboxylic acids is 2. The van der Waals surface area contributed by atoms with Gasteiger partial charge in [-0.25, -0.2) is 0 Å². The molecule has 1 amide bonds. The number of halogens is 2. The summed E-state index contributed by atoms with van der Waals surface area (Å²) in [6.45, 7) is 3.58. The number of carbonyl (C=O) groups is 2. The predicted octanol–water partition coefficient (Wildman–Crippen LogP) is 6.68. The molecular weight excluding hydrogens is 393 g/mol. The molecule has 3 nitrogen and oxygen atoms in total. The van der Waals surface area contributed by atoms with Crippen LogP contribution in [0.4, 0.5) is 5.69 Å². The maximum atomic E-state index is 12.6. The Hall–Kier alpha value is -2.62. The van der Waals surface area contributed by atoms with Crippen LogP contribution in [0.15, 0.2) is 60.7 Å². The molecule has 0 spiro atoms. The van der Waals surface area contributed by atoms with Crippen molar-refractivity contribution in [3.8, 4) is 11.1 Å². The summed E-state index contributed by atoms with van der Waals surface area (Å²) in [5, 5.41) is 3.48. The van der Waals surface area contributed by atoms with Gasteiger partial charge < -0.3 is 5.32 Å². The lowest BCUT2D eigenvalue weighted by Crippen LogP contribution is -2.15. The van der Waals surface area contributed by atoms with Crippen LogP contribution in [0.1, 0.15) is 40.1 Å². The Bertz CT molecular complexity index is 1040. The lowest BCUT2D eigenvalue weighted by atomic mass is 9.98. The lowest BCUT2D eigenvalue weighted by Gasteiger charge is -2.12. The minimum absolute atomic E-state index is 0.135. The van der Waals surface area contributed by atoms with E-state index in [1.54, 1.807) is 24.3 Å². The summed E-state index contributed by atoms with van der Waals surface area (Å²) in [6, 6.07) is 18.3. The Morgan fingerprint density at radius 3 is 2.14 bits per heavy atom. The quantitative estimate of drug-likeness (QED) is 0.475. The van der Waals surface area contributed by atoms with Crippen LogP contribution in [-0.2, 0) is 6.42 Å². The van der Waals surface area contributed by atoms with Crippen molar-refractivity contribution in [3.63, 3.8) is 0 Å². The first-order valence-electron chi connectivity index (χ1n) is 8.89. The number of aryl methyl sites for hydroxylation is 1. The topological polar surface area (TPSA) is 46.2 Å². The second-order valence-electron chi connectivity index (χ2n) is 6.45. The van der Waals surface area contributed by atoms with E-state index in [9.17, 15) is 9.59 Å². The molecule has 0 unspecified atom stereocenters. The van der Waals surface area contributed by atoms with Crippen LogP contribution < -0.4 is 5.32 Å². The SMILES string of the molecule is CCc1ccc(-c2ccc(NC(=O)c3ccc(Cl)cc3Cl)c(C(C)=O)c2)cc1. The number of nitrogens with one attached hydrogen (secondary N) is 1. The van der Waals surface area contributed by atoms with E-state index in [2.05, 4.69) is 24.4 Å². The van der Waals surface area contributed by atoms with Crippen molar-refractivity contribution in [2.75, 3.05) is 5.32 Å². The molecule has 3 aromatic rings. The van der Waals surface area contributed by atoms with E-state index < -0.39 is 5.91 Å². The first-order valence-corrected chi connectivity index (χ1v) is 9.65. The van der Waals surface area contributed by atoms with Gasteiger partial charge in [0.05, 0.1) is 16.3 Å². The van der Waals surface area contributed by atoms with Gasteiger partial charge in [0.2, 0.25) is 0 Å². The van der Waals surface area contributed by atoms with Gasteiger partial charge in [0, 0.05) is 10.6 Å². The van der Waals surface area contributed by atoms with Crippen LogP contribution in [0.3, 0.4) is 0 Å².